The van der Waals surface area contributed by atoms with Gasteiger partial charge in [-0.2, -0.15) is 13.2 Å². The van der Waals surface area contributed by atoms with Gasteiger partial charge in [0, 0.05) is 31.6 Å². The van der Waals surface area contributed by atoms with Crippen molar-refractivity contribution >= 4 is 35.0 Å². The first-order valence-electron chi connectivity index (χ1n) is 11.9. The first-order valence-corrected chi connectivity index (χ1v) is 12.7. The highest BCUT2D eigenvalue weighted by Gasteiger charge is 2.45. The molecule has 1 aliphatic carbocycles. The van der Waals surface area contributed by atoms with Gasteiger partial charge in [0.25, 0.3) is 5.91 Å². The van der Waals surface area contributed by atoms with Gasteiger partial charge in [-0.3, -0.25) is 9.59 Å². The van der Waals surface area contributed by atoms with Gasteiger partial charge in [0.15, 0.2) is 5.78 Å². The number of alkyl halides is 3. The number of ether oxygens (including phenoxy) is 1. The van der Waals surface area contributed by atoms with Gasteiger partial charge in [0.1, 0.15) is 4.88 Å². The molecule has 4 rings (SSSR count). The van der Waals surface area contributed by atoms with Gasteiger partial charge in [-0.25, -0.2) is 9.59 Å². The van der Waals surface area contributed by atoms with Crippen LogP contribution in [0, 0.1) is 5.41 Å². The van der Waals surface area contributed by atoms with E-state index in [9.17, 15) is 32.3 Å². The number of hydrogen-bond acceptors (Lipinski definition) is 7. The second-order valence-corrected chi connectivity index (χ2v) is 11.3. The molecule has 198 valence electrons. The number of ketones is 1. The Hall–Kier alpha value is -3.05. The Balaban J connectivity index is 1.60. The number of fused-ring (bicyclic) bond motifs is 1. The number of carbonyl (C=O) groups excluding carboxylic acids is 4. The zero-order valence-corrected chi connectivity index (χ0v) is 21.3. The van der Waals surface area contributed by atoms with E-state index in [1.807, 2.05) is 32.0 Å². The number of nitrogens with zero attached hydrogens (tertiary/aromatic N) is 1. The summed E-state index contributed by atoms with van der Waals surface area (Å²) in [7, 11) is 0. The minimum Gasteiger partial charge on any atom is -0.382 e. The van der Waals surface area contributed by atoms with Gasteiger partial charge < -0.3 is 15.4 Å². The molecule has 0 bridgehead atoms. The monoisotopic (exact) mass is 536 g/mol. The largest absolute Gasteiger partial charge is 0.491 e. The summed E-state index contributed by atoms with van der Waals surface area (Å²) in [6, 6.07) is 8.00. The van der Waals surface area contributed by atoms with E-state index in [1.165, 1.54) is 0 Å². The molecule has 7 nitrogen and oxygen atoms in total. The molecule has 2 aromatic rings. The second-order valence-electron chi connectivity index (χ2n) is 10.2. The smallest absolute Gasteiger partial charge is 0.382 e. The quantitative estimate of drug-likeness (QED) is 0.451. The Morgan fingerprint density at radius 2 is 1.81 bits per heavy atom. The second kappa shape index (κ2) is 10.0. The lowest BCUT2D eigenvalue weighted by Gasteiger charge is -2.33. The molecule has 0 spiro atoms. The van der Waals surface area contributed by atoms with Crippen LogP contribution < -0.4 is 5.73 Å². The van der Waals surface area contributed by atoms with Gasteiger partial charge in [0.05, 0.1) is 4.88 Å². The lowest BCUT2D eigenvalue weighted by Crippen LogP contribution is -2.38. The molecule has 2 aliphatic rings. The number of amides is 1. The Morgan fingerprint density at radius 3 is 2.43 bits per heavy atom. The third kappa shape index (κ3) is 5.62. The normalized spacial score (nSPS) is 17.9. The van der Waals surface area contributed by atoms with Gasteiger partial charge >= 0.3 is 18.1 Å². The number of thiophene rings is 1. The van der Waals surface area contributed by atoms with Crippen LogP contribution in [0.5, 0.6) is 0 Å². The fourth-order valence-electron chi connectivity index (χ4n) is 5.03. The van der Waals surface area contributed by atoms with E-state index in [4.69, 9.17) is 5.73 Å². The molecular formula is C26H27F3N2O5S. The fourth-order valence-corrected chi connectivity index (χ4v) is 6.21. The van der Waals surface area contributed by atoms with Crippen LogP contribution in [0.25, 0.3) is 0 Å². The molecule has 0 unspecified atom stereocenters. The number of benzene rings is 1. The van der Waals surface area contributed by atoms with Crippen LogP contribution in [0.2, 0.25) is 0 Å². The summed E-state index contributed by atoms with van der Waals surface area (Å²) in [6.07, 6.45) is -3.63. The minimum absolute atomic E-state index is 0.0467. The molecule has 1 saturated heterocycles. The van der Waals surface area contributed by atoms with Gasteiger partial charge in [-0.1, -0.05) is 38.1 Å². The van der Waals surface area contributed by atoms with Crippen molar-refractivity contribution in [1.29, 1.82) is 0 Å². The third-order valence-electron chi connectivity index (χ3n) is 6.82. The molecular weight excluding hydrogens is 509 g/mol. The first-order chi connectivity index (χ1) is 17.3. The van der Waals surface area contributed by atoms with Crippen LogP contribution in [0.1, 0.15) is 85.4 Å². The minimum atomic E-state index is -5.37. The maximum absolute atomic E-state index is 13.6. The summed E-state index contributed by atoms with van der Waals surface area (Å²) in [5.74, 6) is -4.85. The Kier molecular flexibility index (Phi) is 7.31. The summed E-state index contributed by atoms with van der Waals surface area (Å²) in [5.41, 5.74) is 7.63. The average molecular weight is 537 g/mol. The highest BCUT2D eigenvalue weighted by Crippen LogP contribution is 2.43. The number of likely N-dealkylation sites (tertiary alicyclic amines) is 1. The van der Waals surface area contributed by atoms with Crippen molar-refractivity contribution in [3.63, 3.8) is 0 Å². The van der Waals surface area contributed by atoms with Crippen molar-refractivity contribution < 1.29 is 37.1 Å². The molecule has 1 aliphatic heterocycles. The molecule has 1 aromatic carbocycles. The summed E-state index contributed by atoms with van der Waals surface area (Å²) in [5, 5.41) is 0. The predicted octanol–water partition coefficient (Wildman–Crippen LogP) is 4.63. The maximum atomic E-state index is 13.6. The van der Waals surface area contributed by atoms with Gasteiger partial charge in [-0.05, 0) is 47.3 Å². The van der Waals surface area contributed by atoms with E-state index in [2.05, 4.69) is 10.8 Å². The molecule has 1 aromatic heterocycles. The number of hydrogen-bond donors (Lipinski definition) is 1. The molecule has 1 amide bonds. The molecule has 1 fully saturated rings. The number of nitrogens with two attached hydrogens (primary N) is 1. The van der Waals surface area contributed by atoms with Crippen LogP contribution in [0.3, 0.4) is 0 Å². The SMILES string of the molecule is CC1(C)CC(=O)c2c(C(=O)OC(=O)C(F)(F)F)sc(C(=O)N3CCC(c4cccc(CN)c4)CC3)c2C1. The highest BCUT2D eigenvalue weighted by atomic mass is 32.1. The van der Waals surface area contributed by atoms with Crippen molar-refractivity contribution in [3.8, 4) is 0 Å². The fraction of sp³-hybridized carbons (Fsp3) is 0.462. The number of piperidine rings is 1. The van der Waals surface area contributed by atoms with E-state index < -0.39 is 34.2 Å². The topological polar surface area (TPSA) is 107 Å². The zero-order chi connectivity index (χ0) is 27.1. The zero-order valence-electron chi connectivity index (χ0n) is 20.4. The van der Waals surface area contributed by atoms with Crippen LogP contribution in [0.15, 0.2) is 24.3 Å². The summed E-state index contributed by atoms with van der Waals surface area (Å²) in [4.78, 5) is 51.6. The summed E-state index contributed by atoms with van der Waals surface area (Å²) >= 11 is 0.624. The molecule has 2 heterocycles. The molecule has 2 N–H and O–H groups in total. The lowest BCUT2D eigenvalue weighted by molar-refractivity contribution is -0.193. The van der Waals surface area contributed by atoms with E-state index in [0.717, 1.165) is 11.1 Å². The van der Waals surface area contributed by atoms with Crippen molar-refractivity contribution in [1.82, 2.24) is 4.90 Å². The van der Waals surface area contributed by atoms with E-state index in [0.29, 0.717) is 49.4 Å². The first kappa shape index (κ1) is 27.0. The number of halogens is 3. The Bertz CT molecular complexity index is 1260. The highest BCUT2D eigenvalue weighted by molar-refractivity contribution is 7.16. The van der Waals surface area contributed by atoms with Crippen LogP contribution >= 0.6 is 11.3 Å². The summed E-state index contributed by atoms with van der Waals surface area (Å²) in [6.45, 7) is 4.99. The van der Waals surface area contributed by atoms with Gasteiger partial charge in [0.2, 0.25) is 0 Å². The van der Waals surface area contributed by atoms with Gasteiger partial charge in [-0.15, -0.1) is 11.3 Å². The van der Waals surface area contributed by atoms with Crippen LogP contribution in [-0.2, 0) is 22.5 Å². The number of rotatable bonds is 4. The van der Waals surface area contributed by atoms with Crippen LogP contribution in [-0.4, -0.2) is 47.8 Å². The lowest BCUT2D eigenvalue weighted by atomic mass is 9.73. The molecule has 37 heavy (non-hydrogen) atoms. The predicted molar refractivity (Wildman–Crippen MR) is 129 cm³/mol. The molecule has 0 radical (unpaired) electrons. The maximum Gasteiger partial charge on any atom is 0.491 e. The third-order valence-corrected chi connectivity index (χ3v) is 8.02. The van der Waals surface area contributed by atoms with Crippen LogP contribution in [0.4, 0.5) is 13.2 Å². The standard InChI is InChI=1S/C26H27F3N2O5S/c1-25(2)11-17-19(18(32)12-25)21(23(34)36-24(35)26(27,28)29)37-20(17)22(33)31-8-6-15(7-9-31)16-5-3-4-14(10-16)13-30/h3-5,10,15H,6-9,11-13,30H2,1-2H3. The molecule has 0 saturated carbocycles. The Morgan fingerprint density at radius 1 is 1.14 bits per heavy atom. The van der Waals surface area contributed by atoms with Crippen molar-refractivity contribution in [2.45, 2.75) is 58.2 Å². The average Bonchev–Trinajstić information content (AvgIpc) is 3.21. The van der Waals surface area contributed by atoms with Crippen molar-refractivity contribution in [3.05, 3.63) is 56.3 Å². The number of carbonyl (C=O) groups is 4. The van der Waals surface area contributed by atoms with E-state index >= 15 is 0 Å². The molecule has 11 heteroatoms. The number of Topliss-reactive ketones (excluding diaryl/α,β-unsaturated/α-hetero) is 1. The Labute approximate surface area is 215 Å². The van der Waals surface area contributed by atoms with Crippen molar-refractivity contribution in [2.75, 3.05) is 13.1 Å². The van der Waals surface area contributed by atoms with Crippen molar-refractivity contribution in [2.24, 2.45) is 11.1 Å². The van der Waals surface area contributed by atoms with E-state index in [-0.39, 0.29) is 35.1 Å². The molecule has 0 atom stereocenters. The summed E-state index contributed by atoms with van der Waals surface area (Å²) < 4.78 is 42.0. The number of esters is 2. The van der Waals surface area contributed by atoms with E-state index in [1.54, 1.807) is 4.90 Å².